The number of hydrogen-bond acceptors (Lipinski definition) is 0. The highest BCUT2D eigenvalue weighted by molar-refractivity contribution is 14.1. The molecule has 56 valence electrons. The molecular weight excluding hydrogens is 230 g/mol. The third-order valence-corrected chi connectivity index (χ3v) is 2.17. The molecule has 0 heterocycles. The van der Waals surface area contributed by atoms with Crippen LogP contribution >= 0.6 is 22.6 Å². The lowest BCUT2D eigenvalue weighted by Crippen LogP contribution is -2.01. The molecule has 0 aromatic rings. The fourth-order valence-electron chi connectivity index (χ4n) is 0.874. The van der Waals surface area contributed by atoms with Gasteiger partial charge in [0.2, 0.25) is 0 Å². The molecule has 0 amide bonds. The van der Waals surface area contributed by atoms with E-state index in [4.69, 9.17) is 0 Å². The number of halogens is 2. The van der Waals surface area contributed by atoms with Crippen molar-refractivity contribution in [2.45, 2.75) is 37.3 Å². The largest absolute Gasteiger partial charge is 0.236 e. The summed E-state index contributed by atoms with van der Waals surface area (Å²) in [6.07, 6.45) is 2.95. The van der Waals surface area contributed by atoms with Crippen molar-refractivity contribution in [3.63, 3.8) is 0 Å². The van der Waals surface area contributed by atoms with Crippen molar-refractivity contribution >= 4 is 22.6 Å². The Bertz CT molecular complexity index is 59.9. The molecule has 1 unspecified atom stereocenters. The molecule has 1 atom stereocenters. The molecule has 0 fully saturated rings. The first-order chi connectivity index (χ1) is 4.20. The molecule has 0 N–H and O–H groups in total. The second kappa shape index (κ2) is 5.45. The van der Waals surface area contributed by atoms with Gasteiger partial charge in [-0.1, -0.05) is 26.7 Å². The molecule has 0 aliphatic rings. The first-order valence-corrected chi connectivity index (χ1v) is 4.73. The summed E-state index contributed by atoms with van der Waals surface area (Å²) in [6, 6.07) is 0. The monoisotopic (exact) mass is 244 g/mol. The van der Waals surface area contributed by atoms with E-state index in [0.717, 1.165) is 19.3 Å². The summed E-state index contributed by atoms with van der Waals surface area (Å²) >= 11 is 1.84. The molecule has 0 aliphatic heterocycles. The maximum absolute atomic E-state index is 12.3. The van der Waals surface area contributed by atoms with Gasteiger partial charge in [0.25, 0.3) is 0 Å². The molecule has 0 spiro atoms. The summed E-state index contributed by atoms with van der Waals surface area (Å²) in [7, 11) is 0. The van der Waals surface area contributed by atoms with Crippen molar-refractivity contribution in [3.05, 3.63) is 0 Å². The predicted octanol–water partition coefficient (Wildman–Crippen LogP) is 3.54. The molecule has 0 aromatic heterocycles. The zero-order chi connectivity index (χ0) is 7.28. The normalized spacial score (nSPS) is 14.3. The van der Waals surface area contributed by atoms with E-state index in [1.54, 1.807) is 0 Å². The summed E-state index contributed by atoms with van der Waals surface area (Å²) in [5.41, 5.74) is 0. The minimum Gasteiger partial charge on any atom is -0.236 e. The Morgan fingerprint density at radius 1 is 1.33 bits per heavy atom. The van der Waals surface area contributed by atoms with Crippen molar-refractivity contribution in [2.75, 3.05) is 0 Å². The van der Waals surface area contributed by atoms with Crippen molar-refractivity contribution in [3.8, 4) is 0 Å². The fraction of sp³-hybridized carbons (Fsp3) is 1.00. The zero-order valence-electron chi connectivity index (χ0n) is 6.03. The second-order valence-corrected chi connectivity index (χ2v) is 3.66. The van der Waals surface area contributed by atoms with Crippen LogP contribution in [0.2, 0.25) is 0 Å². The van der Waals surface area contributed by atoms with Crippen molar-refractivity contribution in [2.24, 2.45) is 5.92 Å². The average Bonchev–Trinajstić information content (AvgIpc) is 1.82. The molecule has 0 saturated heterocycles. The van der Waals surface area contributed by atoms with E-state index >= 15 is 0 Å². The first kappa shape index (κ1) is 9.66. The quantitative estimate of drug-likeness (QED) is 0.524. The van der Waals surface area contributed by atoms with E-state index in [0.29, 0.717) is 5.92 Å². The average molecular weight is 244 g/mol. The second-order valence-electron chi connectivity index (χ2n) is 2.31. The lowest BCUT2D eigenvalue weighted by atomic mass is 10.0. The number of hydrogen-bond donors (Lipinski definition) is 0. The minimum atomic E-state index is -0.646. The van der Waals surface area contributed by atoms with Crippen LogP contribution in [0.15, 0.2) is 0 Å². The van der Waals surface area contributed by atoms with Gasteiger partial charge in [0.05, 0.1) is 0 Å². The van der Waals surface area contributed by atoms with Crippen LogP contribution in [0.5, 0.6) is 0 Å². The summed E-state index contributed by atoms with van der Waals surface area (Å²) in [5, 5.41) is 0. The highest BCUT2D eigenvalue weighted by Crippen LogP contribution is 2.19. The molecule has 0 bridgehead atoms. The van der Waals surface area contributed by atoms with Gasteiger partial charge in [-0.3, -0.25) is 0 Å². The van der Waals surface area contributed by atoms with Gasteiger partial charge in [-0.15, -0.1) is 0 Å². The van der Waals surface area contributed by atoms with Crippen LogP contribution in [0.3, 0.4) is 0 Å². The molecule has 9 heavy (non-hydrogen) atoms. The lowest BCUT2D eigenvalue weighted by molar-refractivity contribution is 0.356. The predicted molar refractivity (Wildman–Crippen MR) is 47.6 cm³/mol. The van der Waals surface area contributed by atoms with Gasteiger partial charge < -0.3 is 0 Å². The number of alkyl halides is 2. The van der Waals surface area contributed by atoms with E-state index in [1.165, 1.54) is 0 Å². The summed E-state index contributed by atoms with van der Waals surface area (Å²) in [5.74, 6) is 0.594. The highest BCUT2D eigenvalue weighted by atomic mass is 127. The summed E-state index contributed by atoms with van der Waals surface area (Å²) in [6.45, 7) is 4.24. The Morgan fingerprint density at radius 3 is 1.89 bits per heavy atom. The third kappa shape index (κ3) is 5.12. The zero-order valence-corrected chi connectivity index (χ0v) is 8.19. The van der Waals surface area contributed by atoms with Crippen LogP contribution in [0.1, 0.15) is 33.1 Å². The van der Waals surface area contributed by atoms with Gasteiger partial charge in [0.1, 0.15) is 0 Å². The molecule has 0 saturated carbocycles. The smallest absolute Gasteiger partial charge is 0.151 e. The van der Waals surface area contributed by atoms with Gasteiger partial charge in [0, 0.05) is 0 Å². The Morgan fingerprint density at radius 2 is 1.78 bits per heavy atom. The topological polar surface area (TPSA) is 0 Å². The van der Waals surface area contributed by atoms with Gasteiger partial charge in [-0.25, -0.2) is 4.39 Å². The van der Waals surface area contributed by atoms with E-state index in [-0.39, 0.29) is 0 Å². The molecule has 0 aromatic carbocycles. The van der Waals surface area contributed by atoms with Crippen molar-refractivity contribution < 1.29 is 4.39 Å². The SMILES string of the molecule is CCC(CC)CC(F)I. The Kier molecular flexibility index (Phi) is 5.84. The summed E-state index contributed by atoms with van der Waals surface area (Å²) in [4.78, 5) is 0. The Labute approximate surface area is 70.4 Å². The molecule has 0 rings (SSSR count). The molecule has 0 aliphatic carbocycles. The van der Waals surface area contributed by atoms with E-state index in [9.17, 15) is 4.39 Å². The molecular formula is C7H14FI. The van der Waals surface area contributed by atoms with E-state index in [2.05, 4.69) is 13.8 Å². The highest BCUT2D eigenvalue weighted by Gasteiger charge is 2.08. The van der Waals surface area contributed by atoms with Crippen molar-refractivity contribution in [1.29, 1.82) is 0 Å². The first-order valence-electron chi connectivity index (χ1n) is 3.48. The standard InChI is InChI=1S/C7H14FI/c1-3-6(4-2)5-7(8)9/h6-7H,3-5H2,1-2H3. The van der Waals surface area contributed by atoms with Crippen molar-refractivity contribution in [1.82, 2.24) is 0 Å². The van der Waals surface area contributed by atoms with Crippen LogP contribution in [-0.4, -0.2) is 4.18 Å². The van der Waals surface area contributed by atoms with Crippen LogP contribution in [-0.2, 0) is 0 Å². The Balaban J connectivity index is 3.31. The molecule has 0 nitrogen and oxygen atoms in total. The van der Waals surface area contributed by atoms with Crippen LogP contribution in [0.25, 0.3) is 0 Å². The lowest BCUT2D eigenvalue weighted by Gasteiger charge is -2.10. The Hall–Kier alpha value is 0.660. The van der Waals surface area contributed by atoms with Crippen LogP contribution in [0.4, 0.5) is 4.39 Å². The van der Waals surface area contributed by atoms with E-state index in [1.807, 2.05) is 22.6 Å². The van der Waals surface area contributed by atoms with Crippen LogP contribution < -0.4 is 0 Å². The fourth-order valence-corrected chi connectivity index (χ4v) is 1.59. The van der Waals surface area contributed by atoms with Gasteiger partial charge in [-0.2, -0.15) is 0 Å². The maximum Gasteiger partial charge on any atom is 0.151 e. The minimum absolute atomic E-state index is 0.594. The number of rotatable bonds is 4. The summed E-state index contributed by atoms with van der Waals surface area (Å²) < 4.78 is 11.7. The van der Waals surface area contributed by atoms with E-state index < -0.39 is 4.18 Å². The molecule has 0 radical (unpaired) electrons. The van der Waals surface area contributed by atoms with Gasteiger partial charge in [-0.05, 0) is 34.9 Å². The molecule has 2 heteroatoms. The van der Waals surface area contributed by atoms with Gasteiger partial charge >= 0.3 is 0 Å². The van der Waals surface area contributed by atoms with Crippen LogP contribution in [0, 0.1) is 5.92 Å². The maximum atomic E-state index is 12.3. The van der Waals surface area contributed by atoms with Gasteiger partial charge in [0.15, 0.2) is 4.18 Å². The third-order valence-electron chi connectivity index (χ3n) is 1.67.